The Morgan fingerprint density at radius 2 is 1.60 bits per heavy atom. The number of nitrogens with one attached hydrogen (secondary N) is 1. The maximum atomic E-state index is 14.6. The van der Waals surface area contributed by atoms with Gasteiger partial charge in [-0.05, 0) is 106 Å². The minimum atomic E-state index is -0.196. The van der Waals surface area contributed by atoms with Gasteiger partial charge in [0.15, 0.2) is 0 Å². The first kappa shape index (κ1) is 29.7. The van der Waals surface area contributed by atoms with Crippen molar-refractivity contribution in [2.75, 3.05) is 20.1 Å². The van der Waals surface area contributed by atoms with Crippen LogP contribution in [0.4, 0.5) is 4.39 Å². The van der Waals surface area contributed by atoms with Gasteiger partial charge in [0.25, 0.3) is 11.8 Å². The Kier molecular flexibility index (Phi) is 8.17. The third kappa shape index (κ3) is 5.76. The van der Waals surface area contributed by atoms with E-state index in [1.807, 2.05) is 11.0 Å². The number of rotatable bonds is 7. The van der Waals surface area contributed by atoms with Crippen LogP contribution in [0, 0.1) is 18.7 Å². The zero-order valence-corrected chi connectivity index (χ0v) is 26.2. The van der Waals surface area contributed by atoms with E-state index in [4.69, 9.17) is 4.98 Å². The zero-order valence-electron chi connectivity index (χ0n) is 26.2. The molecule has 4 aromatic rings. The molecule has 4 atom stereocenters. The standard InChI is InChI=1S/C37H42FN5O2/c1-24-40-33-11-3-4-12-34(33)42(24)32-22-30-13-14-31(23-32)43(30)35(26-7-6-10-29(38)21-26)19-25-15-17-41(18-16-25)37(45)28-9-5-8-27(20-28)36(44)39-2/h3-12,20-21,25,30-32,35H,13-19,22-23H2,1-2H3,(H,39,44)/t30-,31+,32?,35?. The molecule has 2 bridgehead atoms. The number of halogens is 1. The van der Waals surface area contributed by atoms with Gasteiger partial charge in [0.2, 0.25) is 0 Å². The molecule has 3 saturated heterocycles. The lowest BCUT2D eigenvalue weighted by molar-refractivity contribution is 0.0407. The Hall–Kier alpha value is -4.04. The van der Waals surface area contributed by atoms with Crippen molar-refractivity contribution < 1.29 is 14.0 Å². The van der Waals surface area contributed by atoms with E-state index in [9.17, 15) is 14.0 Å². The van der Waals surface area contributed by atoms with Gasteiger partial charge in [-0.15, -0.1) is 0 Å². The molecule has 4 heterocycles. The molecule has 7 nitrogen and oxygen atoms in total. The number of imidazole rings is 1. The normalized spacial score (nSPS) is 22.9. The monoisotopic (exact) mass is 607 g/mol. The molecular weight excluding hydrogens is 565 g/mol. The van der Waals surface area contributed by atoms with E-state index in [-0.39, 0.29) is 23.7 Å². The third-order valence-corrected chi connectivity index (χ3v) is 10.6. The predicted molar refractivity (Wildman–Crippen MR) is 174 cm³/mol. The molecule has 0 radical (unpaired) electrons. The van der Waals surface area contributed by atoms with Gasteiger partial charge in [-0.25, -0.2) is 9.37 Å². The number of amides is 2. The number of piperidine rings is 2. The fraction of sp³-hybridized carbons (Fsp3) is 0.432. The van der Waals surface area contributed by atoms with Crippen LogP contribution in [0.1, 0.15) is 89.1 Å². The summed E-state index contributed by atoms with van der Waals surface area (Å²) in [6, 6.07) is 24.1. The van der Waals surface area contributed by atoms with Gasteiger partial charge in [-0.1, -0.05) is 30.3 Å². The Morgan fingerprint density at radius 3 is 2.33 bits per heavy atom. The highest BCUT2D eigenvalue weighted by molar-refractivity contribution is 5.99. The van der Waals surface area contributed by atoms with Crippen molar-refractivity contribution in [1.82, 2.24) is 24.7 Å². The largest absolute Gasteiger partial charge is 0.355 e. The number of fused-ring (bicyclic) bond motifs is 3. The molecule has 3 aliphatic rings. The van der Waals surface area contributed by atoms with Gasteiger partial charge < -0.3 is 14.8 Å². The molecule has 2 amide bonds. The minimum Gasteiger partial charge on any atom is -0.355 e. The molecular formula is C37H42FN5O2. The number of benzene rings is 3. The smallest absolute Gasteiger partial charge is 0.253 e. The van der Waals surface area contributed by atoms with Crippen LogP contribution < -0.4 is 5.32 Å². The van der Waals surface area contributed by atoms with Crippen LogP contribution >= 0.6 is 0 Å². The summed E-state index contributed by atoms with van der Waals surface area (Å²) in [5.74, 6) is 1.12. The first-order chi connectivity index (χ1) is 21.9. The van der Waals surface area contributed by atoms with Gasteiger partial charge >= 0.3 is 0 Å². The lowest BCUT2D eigenvalue weighted by Crippen LogP contribution is -2.46. The molecule has 45 heavy (non-hydrogen) atoms. The lowest BCUT2D eigenvalue weighted by atomic mass is 9.84. The Labute approximate surface area is 264 Å². The number of hydrogen-bond donors (Lipinski definition) is 1. The van der Waals surface area contributed by atoms with Gasteiger partial charge in [0.05, 0.1) is 11.0 Å². The van der Waals surface area contributed by atoms with E-state index < -0.39 is 0 Å². The maximum Gasteiger partial charge on any atom is 0.253 e. The van der Waals surface area contributed by atoms with Crippen molar-refractivity contribution >= 4 is 22.8 Å². The molecule has 1 aromatic heterocycles. The minimum absolute atomic E-state index is 0.0247. The summed E-state index contributed by atoms with van der Waals surface area (Å²) >= 11 is 0. The SMILES string of the molecule is CNC(=O)c1cccc(C(=O)N2CCC(CC(c3cccc(F)c3)N3[C@@H]4CC[C@H]3CC(n3c(C)nc5ccccc53)C4)CC2)c1. The average Bonchev–Trinajstić information content (AvgIpc) is 3.54. The van der Waals surface area contributed by atoms with Crippen LogP contribution in [0.3, 0.4) is 0 Å². The van der Waals surface area contributed by atoms with E-state index in [1.54, 1.807) is 37.4 Å². The summed E-state index contributed by atoms with van der Waals surface area (Å²) < 4.78 is 17.1. The molecule has 234 valence electrons. The summed E-state index contributed by atoms with van der Waals surface area (Å²) in [5, 5.41) is 2.63. The van der Waals surface area contributed by atoms with Crippen LogP contribution in [0.5, 0.6) is 0 Å². The quantitative estimate of drug-likeness (QED) is 0.254. The van der Waals surface area contributed by atoms with E-state index in [1.165, 1.54) is 24.4 Å². The molecule has 0 spiro atoms. The molecule has 0 aliphatic carbocycles. The predicted octanol–water partition coefficient (Wildman–Crippen LogP) is 6.70. The van der Waals surface area contributed by atoms with Crippen LogP contribution in [-0.4, -0.2) is 63.4 Å². The van der Waals surface area contributed by atoms with Crippen molar-refractivity contribution in [1.29, 1.82) is 0 Å². The summed E-state index contributed by atoms with van der Waals surface area (Å²) in [4.78, 5) is 35.0. The van der Waals surface area contributed by atoms with Crippen molar-refractivity contribution in [3.05, 3.63) is 101 Å². The van der Waals surface area contributed by atoms with E-state index in [0.29, 0.717) is 48.3 Å². The van der Waals surface area contributed by atoms with Gasteiger partial charge in [0.1, 0.15) is 11.6 Å². The second-order valence-corrected chi connectivity index (χ2v) is 13.2. The Bertz CT molecular complexity index is 1700. The average molecular weight is 608 g/mol. The molecule has 3 aliphatic heterocycles. The highest BCUT2D eigenvalue weighted by atomic mass is 19.1. The second kappa shape index (κ2) is 12.4. The van der Waals surface area contributed by atoms with E-state index >= 15 is 0 Å². The highest BCUT2D eigenvalue weighted by Gasteiger charge is 2.46. The summed E-state index contributed by atoms with van der Waals surface area (Å²) in [5.41, 5.74) is 4.39. The van der Waals surface area contributed by atoms with Crippen LogP contribution in [0.2, 0.25) is 0 Å². The third-order valence-electron chi connectivity index (χ3n) is 10.6. The summed E-state index contributed by atoms with van der Waals surface area (Å²) in [6.07, 6.45) is 7.28. The number of aryl methyl sites for hydroxylation is 1. The van der Waals surface area contributed by atoms with Crippen LogP contribution in [0.25, 0.3) is 11.0 Å². The highest BCUT2D eigenvalue weighted by Crippen LogP contribution is 2.48. The molecule has 3 aromatic carbocycles. The number of nitrogens with zero attached hydrogens (tertiary/aromatic N) is 4. The molecule has 8 heteroatoms. The topological polar surface area (TPSA) is 70.5 Å². The zero-order chi connectivity index (χ0) is 31.1. The fourth-order valence-corrected chi connectivity index (χ4v) is 8.48. The summed E-state index contributed by atoms with van der Waals surface area (Å²) in [7, 11) is 1.59. The van der Waals surface area contributed by atoms with Crippen molar-refractivity contribution in [3.8, 4) is 0 Å². The molecule has 1 N–H and O–H groups in total. The van der Waals surface area contributed by atoms with Crippen LogP contribution in [0.15, 0.2) is 72.8 Å². The second-order valence-electron chi connectivity index (χ2n) is 13.2. The number of para-hydroxylation sites is 2. The number of aromatic nitrogens is 2. The number of carbonyl (C=O) groups excluding carboxylic acids is 2. The molecule has 2 unspecified atom stereocenters. The first-order valence-electron chi connectivity index (χ1n) is 16.5. The van der Waals surface area contributed by atoms with Gasteiger partial charge in [-0.3, -0.25) is 14.5 Å². The molecule has 7 rings (SSSR count). The fourth-order valence-electron chi connectivity index (χ4n) is 8.48. The van der Waals surface area contributed by atoms with Gasteiger partial charge in [-0.2, -0.15) is 0 Å². The number of hydrogen-bond acceptors (Lipinski definition) is 4. The Balaban J connectivity index is 1.07. The van der Waals surface area contributed by atoms with E-state index in [2.05, 4.69) is 52.0 Å². The van der Waals surface area contributed by atoms with E-state index in [0.717, 1.165) is 49.0 Å². The van der Waals surface area contributed by atoms with Crippen molar-refractivity contribution in [2.45, 2.75) is 76.0 Å². The lowest BCUT2D eigenvalue weighted by Gasteiger charge is -2.46. The van der Waals surface area contributed by atoms with Crippen molar-refractivity contribution in [3.63, 3.8) is 0 Å². The first-order valence-corrected chi connectivity index (χ1v) is 16.5. The number of carbonyl (C=O) groups is 2. The van der Waals surface area contributed by atoms with Gasteiger partial charge in [0, 0.05) is 55.4 Å². The maximum absolute atomic E-state index is 14.6. The van der Waals surface area contributed by atoms with Crippen molar-refractivity contribution in [2.24, 2.45) is 5.92 Å². The van der Waals surface area contributed by atoms with Crippen LogP contribution in [-0.2, 0) is 0 Å². The summed E-state index contributed by atoms with van der Waals surface area (Å²) in [6.45, 7) is 3.50. The Morgan fingerprint density at radius 1 is 0.889 bits per heavy atom. The molecule has 0 saturated carbocycles. The molecule has 3 fully saturated rings. The number of likely N-dealkylation sites (tertiary alicyclic amines) is 1.